The molecule has 0 aromatic heterocycles. The van der Waals surface area contributed by atoms with E-state index in [2.05, 4.69) is 17.2 Å². The Morgan fingerprint density at radius 1 is 1.29 bits per heavy atom. The van der Waals surface area contributed by atoms with Crippen molar-refractivity contribution in [1.29, 1.82) is 0 Å². The molecule has 3 heteroatoms. The molecule has 72 valence electrons. The Kier molecular flexibility index (Phi) is 4.25. The minimum Gasteiger partial charge on any atom is -0.384 e. The average Bonchev–Trinajstić information content (AvgIpc) is 2.25. The van der Waals surface area contributed by atoms with E-state index in [0.717, 1.165) is 0 Å². The number of aliphatic hydroxyl groups is 1. The maximum atomic E-state index is 11.4. The topological polar surface area (TPSA) is 49.3 Å². The molecule has 0 bridgehead atoms. The van der Waals surface area contributed by atoms with E-state index in [4.69, 9.17) is 5.11 Å². The van der Waals surface area contributed by atoms with Crippen molar-refractivity contribution in [3.63, 3.8) is 0 Å². The molecule has 0 saturated carbocycles. The first-order chi connectivity index (χ1) is 6.84. The Balaban J connectivity index is 2.44. The normalized spacial score (nSPS) is 8.64. The summed E-state index contributed by atoms with van der Waals surface area (Å²) in [4.78, 5) is 11.4. The van der Waals surface area contributed by atoms with E-state index in [1.54, 1.807) is 24.3 Å². The molecular weight excluding hydrogens is 178 g/mol. The summed E-state index contributed by atoms with van der Waals surface area (Å²) in [7, 11) is 0. The Morgan fingerprint density at radius 2 is 2.00 bits per heavy atom. The van der Waals surface area contributed by atoms with E-state index in [9.17, 15) is 4.79 Å². The maximum Gasteiger partial charge on any atom is 0.252 e. The van der Waals surface area contributed by atoms with Crippen LogP contribution < -0.4 is 5.32 Å². The van der Waals surface area contributed by atoms with E-state index in [0.29, 0.717) is 5.56 Å². The van der Waals surface area contributed by atoms with Crippen LogP contribution in [-0.4, -0.2) is 24.2 Å². The average molecular weight is 189 g/mol. The van der Waals surface area contributed by atoms with Gasteiger partial charge < -0.3 is 10.4 Å². The fraction of sp³-hybridized carbons (Fsp3) is 0.182. The molecule has 1 amide bonds. The van der Waals surface area contributed by atoms with Gasteiger partial charge in [0.05, 0.1) is 6.54 Å². The summed E-state index contributed by atoms with van der Waals surface area (Å²) in [5, 5.41) is 11.0. The van der Waals surface area contributed by atoms with Crippen molar-refractivity contribution in [2.24, 2.45) is 0 Å². The van der Waals surface area contributed by atoms with Gasteiger partial charge in [0, 0.05) is 5.56 Å². The highest BCUT2D eigenvalue weighted by Gasteiger charge is 2.00. The van der Waals surface area contributed by atoms with Crippen LogP contribution in [0.5, 0.6) is 0 Å². The first-order valence-corrected chi connectivity index (χ1v) is 4.24. The Hall–Kier alpha value is -1.79. The molecule has 0 heterocycles. The first-order valence-electron chi connectivity index (χ1n) is 4.24. The second-order valence-electron chi connectivity index (χ2n) is 2.56. The quantitative estimate of drug-likeness (QED) is 0.662. The molecule has 0 aliphatic rings. The highest BCUT2D eigenvalue weighted by atomic mass is 16.2. The van der Waals surface area contributed by atoms with Crippen LogP contribution >= 0.6 is 0 Å². The number of benzene rings is 1. The lowest BCUT2D eigenvalue weighted by atomic mass is 10.2. The molecule has 0 atom stereocenters. The van der Waals surface area contributed by atoms with Crippen LogP contribution in [0, 0.1) is 11.8 Å². The molecule has 1 aromatic rings. The smallest absolute Gasteiger partial charge is 0.252 e. The summed E-state index contributed by atoms with van der Waals surface area (Å²) < 4.78 is 0. The van der Waals surface area contributed by atoms with Crippen molar-refractivity contribution in [2.75, 3.05) is 13.2 Å². The Morgan fingerprint density at radius 3 is 2.64 bits per heavy atom. The lowest BCUT2D eigenvalue weighted by molar-refractivity contribution is 0.0958. The third-order valence-electron chi connectivity index (χ3n) is 1.58. The van der Waals surface area contributed by atoms with Crippen molar-refractivity contribution < 1.29 is 9.90 Å². The van der Waals surface area contributed by atoms with Crippen molar-refractivity contribution in [1.82, 2.24) is 5.32 Å². The predicted molar refractivity (Wildman–Crippen MR) is 53.6 cm³/mol. The van der Waals surface area contributed by atoms with Gasteiger partial charge in [-0.15, -0.1) is 0 Å². The van der Waals surface area contributed by atoms with Gasteiger partial charge in [-0.05, 0) is 12.1 Å². The van der Waals surface area contributed by atoms with Gasteiger partial charge in [-0.25, -0.2) is 0 Å². The third kappa shape index (κ3) is 3.30. The number of carbonyl (C=O) groups is 1. The zero-order valence-corrected chi connectivity index (χ0v) is 7.66. The van der Waals surface area contributed by atoms with Crippen LogP contribution in [0.3, 0.4) is 0 Å². The Bertz CT molecular complexity index is 349. The SMILES string of the molecule is O=C(NCC#CCO)c1ccccc1. The van der Waals surface area contributed by atoms with E-state index < -0.39 is 0 Å². The van der Waals surface area contributed by atoms with Crippen LogP contribution in [0.1, 0.15) is 10.4 Å². The molecule has 14 heavy (non-hydrogen) atoms. The third-order valence-corrected chi connectivity index (χ3v) is 1.58. The molecule has 0 spiro atoms. The molecule has 2 N–H and O–H groups in total. The van der Waals surface area contributed by atoms with Crippen LogP contribution in [-0.2, 0) is 0 Å². The summed E-state index contributed by atoms with van der Waals surface area (Å²) in [6.07, 6.45) is 0. The standard InChI is InChI=1S/C11H11NO2/c13-9-5-4-8-12-11(14)10-6-2-1-3-7-10/h1-3,6-7,13H,8-9H2,(H,12,14). The predicted octanol–water partition coefficient (Wildman–Crippen LogP) is 0.412. The lowest BCUT2D eigenvalue weighted by Crippen LogP contribution is -2.23. The molecule has 0 fully saturated rings. The molecule has 0 aliphatic carbocycles. The van der Waals surface area contributed by atoms with Crippen molar-refractivity contribution >= 4 is 5.91 Å². The number of nitrogens with one attached hydrogen (secondary N) is 1. The lowest BCUT2D eigenvalue weighted by Gasteiger charge is -1.99. The number of aliphatic hydroxyl groups excluding tert-OH is 1. The summed E-state index contributed by atoms with van der Waals surface area (Å²) >= 11 is 0. The zero-order valence-electron chi connectivity index (χ0n) is 7.66. The van der Waals surface area contributed by atoms with E-state index >= 15 is 0 Å². The van der Waals surface area contributed by atoms with Gasteiger partial charge in [0.2, 0.25) is 0 Å². The number of hydrogen-bond acceptors (Lipinski definition) is 2. The van der Waals surface area contributed by atoms with Gasteiger partial charge >= 0.3 is 0 Å². The summed E-state index contributed by atoms with van der Waals surface area (Å²) in [5.74, 6) is 4.89. The van der Waals surface area contributed by atoms with E-state index in [1.165, 1.54) is 0 Å². The van der Waals surface area contributed by atoms with Gasteiger partial charge in [-0.2, -0.15) is 0 Å². The van der Waals surface area contributed by atoms with E-state index in [-0.39, 0.29) is 19.1 Å². The van der Waals surface area contributed by atoms with Gasteiger partial charge in [-0.1, -0.05) is 30.0 Å². The highest BCUT2D eigenvalue weighted by molar-refractivity contribution is 5.94. The molecule has 1 rings (SSSR count). The second kappa shape index (κ2) is 5.79. The van der Waals surface area contributed by atoms with Gasteiger partial charge in [0.1, 0.15) is 6.61 Å². The maximum absolute atomic E-state index is 11.4. The van der Waals surface area contributed by atoms with Crippen molar-refractivity contribution in [3.05, 3.63) is 35.9 Å². The summed E-state index contributed by atoms with van der Waals surface area (Å²) in [5.41, 5.74) is 0.610. The molecule has 1 aromatic carbocycles. The van der Waals surface area contributed by atoms with E-state index in [1.807, 2.05) is 6.07 Å². The molecule has 0 unspecified atom stereocenters. The fourth-order valence-corrected chi connectivity index (χ4v) is 0.934. The second-order valence-corrected chi connectivity index (χ2v) is 2.56. The number of hydrogen-bond donors (Lipinski definition) is 2. The summed E-state index contributed by atoms with van der Waals surface area (Å²) in [6, 6.07) is 8.91. The number of carbonyl (C=O) groups excluding carboxylic acids is 1. The van der Waals surface area contributed by atoms with Gasteiger partial charge in [0.15, 0.2) is 0 Å². The molecular formula is C11H11NO2. The van der Waals surface area contributed by atoms with Crippen molar-refractivity contribution in [3.8, 4) is 11.8 Å². The minimum absolute atomic E-state index is 0.155. The van der Waals surface area contributed by atoms with Crippen LogP contribution in [0.15, 0.2) is 30.3 Å². The monoisotopic (exact) mass is 189 g/mol. The number of rotatable bonds is 2. The molecule has 0 aliphatic heterocycles. The zero-order chi connectivity index (χ0) is 10.2. The summed E-state index contributed by atoms with van der Waals surface area (Å²) in [6.45, 7) is 0.0789. The van der Waals surface area contributed by atoms with Gasteiger partial charge in [0.25, 0.3) is 5.91 Å². The Labute approximate surface area is 82.8 Å². The van der Waals surface area contributed by atoms with Gasteiger partial charge in [-0.3, -0.25) is 4.79 Å². The molecule has 3 nitrogen and oxygen atoms in total. The molecule has 0 saturated heterocycles. The van der Waals surface area contributed by atoms with Crippen molar-refractivity contribution in [2.45, 2.75) is 0 Å². The highest BCUT2D eigenvalue weighted by Crippen LogP contribution is 1.96. The van der Waals surface area contributed by atoms with Crippen LogP contribution in [0.2, 0.25) is 0 Å². The first kappa shape index (κ1) is 10.3. The largest absolute Gasteiger partial charge is 0.384 e. The minimum atomic E-state index is -0.179. The van der Waals surface area contributed by atoms with Crippen LogP contribution in [0.25, 0.3) is 0 Å². The molecule has 0 radical (unpaired) electrons. The number of amides is 1. The fourth-order valence-electron chi connectivity index (χ4n) is 0.934. The van der Waals surface area contributed by atoms with Crippen LogP contribution in [0.4, 0.5) is 0 Å².